The maximum atomic E-state index is 13.5. The summed E-state index contributed by atoms with van der Waals surface area (Å²) in [6, 6.07) is 14.9. The van der Waals surface area contributed by atoms with Gasteiger partial charge in [-0.1, -0.05) is 51.3 Å². The van der Waals surface area contributed by atoms with Gasteiger partial charge in [0.25, 0.3) is 5.91 Å². The third kappa shape index (κ3) is 3.49. The minimum absolute atomic E-state index is 0.213. The fourth-order valence-electron chi connectivity index (χ4n) is 4.66. The molecule has 4 rings (SSSR count). The van der Waals surface area contributed by atoms with Gasteiger partial charge in [-0.05, 0) is 48.7 Å². The number of nitrogens with zero attached hydrogens (tertiary/aromatic N) is 2. The molecule has 5 nitrogen and oxygen atoms in total. The summed E-state index contributed by atoms with van der Waals surface area (Å²) in [4.78, 5) is 34.0. The molecular formula is C24H27FN2O3. The molecule has 0 N–H and O–H groups in total. The molecule has 4 atom stereocenters. The number of fused-ring (bicyclic) bond motifs is 1. The van der Waals surface area contributed by atoms with Crippen LogP contribution in [-0.4, -0.2) is 24.0 Å². The van der Waals surface area contributed by atoms with E-state index in [4.69, 9.17) is 4.84 Å². The quantitative estimate of drug-likeness (QED) is 0.620. The Morgan fingerprint density at radius 1 is 0.967 bits per heavy atom. The number of unbranched alkanes of at least 4 members (excludes halogenated alkanes) is 1. The standard InChI is InChI=1S/C24H27FN2O3/c1-3-5-9-16(4-2)21-20-22(30-27(21)19-10-7-6-8-11-19)24(29)26(23(20)28)18-14-12-17(25)13-15-18/h6-8,10-16,20-22H,3-5,9H2,1-2H3/t16-,20-,21+,22+/m1/s1. The number of halogens is 1. The summed E-state index contributed by atoms with van der Waals surface area (Å²) < 4.78 is 13.3. The van der Waals surface area contributed by atoms with Gasteiger partial charge in [0.1, 0.15) is 5.82 Å². The van der Waals surface area contributed by atoms with Crippen molar-refractivity contribution in [3.05, 3.63) is 60.4 Å². The average Bonchev–Trinajstić information content (AvgIpc) is 3.27. The predicted octanol–water partition coefficient (Wildman–Crippen LogP) is 4.72. The molecule has 6 heteroatoms. The van der Waals surface area contributed by atoms with Crippen LogP contribution < -0.4 is 9.96 Å². The Balaban J connectivity index is 1.71. The van der Waals surface area contributed by atoms with Crippen LogP contribution in [0, 0.1) is 17.7 Å². The first-order valence-corrected chi connectivity index (χ1v) is 10.7. The van der Waals surface area contributed by atoms with Gasteiger partial charge in [0.05, 0.1) is 23.3 Å². The minimum atomic E-state index is -0.858. The first-order chi connectivity index (χ1) is 14.6. The number of carbonyl (C=O) groups excluding carboxylic acids is 2. The zero-order valence-electron chi connectivity index (χ0n) is 17.3. The molecule has 158 valence electrons. The summed E-state index contributed by atoms with van der Waals surface area (Å²) in [5.74, 6) is -1.43. The van der Waals surface area contributed by atoms with Crippen LogP contribution >= 0.6 is 0 Å². The van der Waals surface area contributed by atoms with Crippen LogP contribution in [0.2, 0.25) is 0 Å². The predicted molar refractivity (Wildman–Crippen MR) is 113 cm³/mol. The second-order valence-electron chi connectivity index (χ2n) is 8.00. The second kappa shape index (κ2) is 8.56. The Morgan fingerprint density at radius 2 is 1.67 bits per heavy atom. The molecule has 0 unspecified atom stereocenters. The molecule has 2 aromatic rings. The number of anilines is 2. The number of carbonyl (C=O) groups is 2. The van der Waals surface area contributed by atoms with Gasteiger partial charge < -0.3 is 0 Å². The summed E-state index contributed by atoms with van der Waals surface area (Å²) >= 11 is 0. The highest BCUT2D eigenvalue weighted by atomic mass is 19.1. The molecule has 0 aliphatic carbocycles. The SMILES string of the molecule is CCCC[C@@H](CC)[C@H]1[C@H]2C(=O)N(c3ccc(F)cc3)C(=O)[C@H]2ON1c1ccccc1. The van der Waals surface area contributed by atoms with E-state index in [9.17, 15) is 14.0 Å². The van der Waals surface area contributed by atoms with E-state index in [0.717, 1.165) is 36.3 Å². The maximum Gasteiger partial charge on any atom is 0.266 e. The number of amides is 2. The zero-order chi connectivity index (χ0) is 21.3. The Morgan fingerprint density at radius 3 is 2.30 bits per heavy atom. The van der Waals surface area contributed by atoms with E-state index in [1.807, 2.05) is 30.3 Å². The van der Waals surface area contributed by atoms with Gasteiger partial charge in [0.15, 0.2) is 6.10 Å². The maximum absolute atomic E-state index is 13.5. The number of hydrogen-bond donors (Lipinski definition) is 0. The van der Waals surface area contributed by atoms with Crippen LogP contribution in [0.5, 0.6) is 0 Å². The van der Waals surface area contributed by atoms with Crippen molar-refractivity contribution in [3.8, 4) is 0 Å². The van der Waals surface area contributed by atoms with Crippen molar-refractivity contribution in [2.24, 2.45) is 11.8 Å². The van der Waals surface area contributed by atoms with Crippen molar-refractivity contribution < 1.29 is 18.8 Å². The molecule has 0 aromatic heterocycles. The van der Waals surface area contributed by atoms with Crippen LogP contribution in [-0.2, 0) is 14.4 Å². The normalized spacial score (nSPS) is 24.4. The van der Waals surface area contributed by atoms with Gasteiger partial charge in [-0.25, -0.2) is 14.4 Å². The Bertz CT molecular complexity index is 902. The number of imide groups is 1. The molecule has 0 bridgehead atoms. The van der Waals surface area contributed by atoms with Gasteiger partial charge in [0, 0.05) is 0 Å². The van der Waals surface area contributed by atoms with E-state index >= 15 is 0 Å². The molecule has 0 radical (unpaired) electrons. The molecule has 2 aromatic carbocycles. The third-order valence-corrected chi connectivity index (χ3v) is 6.19. The first-order valence-electron chi connectivity index (χ1n) is 10.7. The molecule has 2 saturated heterocycles. The van der Waals surface area contributed by atoms with Crippen LogP contribution in [0.15, 0.2) is 54.6 Å². The smallest absolute Gasteiger partial charge is 0.266 e. The van der Waals surface area contributed by atoms with Crippen molar-refractivity contribution in [1.29, 1.82) is 0 Å². The van der Waals surface area contributed by atoms with Crippen molar-refractivity contribution in [2.45, 2.75) is 51.7 Å². The number of rotatable bonds is 7. The molecule has 2 amide bonds. The molecule has 2 aliphatic heterocycles. The molecule has 2 fully saturated rings. The summed E-state index contributed by atoms with van der Waals surface area (Å²) in [5, 5.41) is 1.79. The third-order valence-electron chi connectivity index (χ3n) is 6.19. The van der Waals surface area contributed by atoms with Gasteiger partial charge in [-0.15, -0.1) is 0 Å². The van der Waals surface area contributed by atoms with E-state index < -0.39 is 17.8 Å². The van der Waals surface area contributed by atoms with Crippen molar-refractivity contribution in [2.75, 3.05) is 9.96 Å². The van der Waals surface area contributed by atoms with E-state index in [0.29, 0.717) is 5.69 Å². The molecule has 0 spiro atoms. The highest BCUT2D eigenvalue weighted by molar-refractivity contribution is 6.23. The Labute approximate surface area is 176 Å². The van der Waals surface area contributed by atoms with Crippen LogP contribution in [0.3, 0.4) is 0 Å². The first kappa shape index (κ1) is 20.5. The number of hydrogen-bond acceptors (Lipinski definition) is 4. The number of para-hydroxylation sites is 1. The van der Waals surface area contributed by atoms with Crippen LogP contribution in [0.1, 0.15) is 39.5 Å². The fourth-order valence-corrected chi connectivity index (χ4v) is 4.66. The lowest BCUT2D eigenvalue weighted by molar-refractivity contribution is -0.126. The van der Waals surface area contributed by atoms with Crippen molar-refractivity contribution in [1.82, 2.24) is 0 Å². The highest BCUT2D eigenvalue weighted by Gasteiger charge is 2.61. The zero-order valence-corrected chi connectivity index (χ0v) is 17.3. The largest absolute Gasteiger partial charge is 0.273 e. The molecule has 2 aliphatic rings. The second-order valence-corrected chi connectivity index (χ2v) is 8.00. The van der Waals surface area contributed by atoms with Crippen molar-refractivity contribution >= 4 is 23.2 Å². The van der Waals surface area contributed by atoms with Crippen LogP contribution in [0.25, 0.3) is 0 Å². The molecular weight excluding hydrogens is 383 g/mol. The topological polar surface area (TPSA) is 49.9 Å². The lowest BCUT2D eigenvalue weighted by Gasteiger charge is -2.33. The van der Waals surface area contributed by atoms with Crippen molar-refractivity contribution in [3.63, 3.8) is 0 Å². The van der Waals surface area contributed by atoms with E-state index in [1.165, 1.54) is 24.3 Å². The Kier molecular flexibility index (Phi) is 5.86. The number of benzene rings is 2. The van der Waals surface area contributed by atoms with Gasteiger partial charge in [0.2, 0.25) is 5.91 Å². The summed E-state index contributed by atoms with van der Waals surface area (Å²) in [6.07, 6.45) is 3.12. The molecule has 30 heavy (non-hydrogen) atoms. The van der Waals surface area contributed by atoms with Gasteiger partial charge >= 0.3 is 0 Å². The Hall–Kier alpha value is -2.73. The highest BCUT2D eigenvalue weighted by Crippen LogP contribution is 2.44. The van der Waals surface area contributed by atoms with Gasteiger partial charge in [-0.2, -0.15) is 0 Å². The summed E-state index contributed by atoms with van der Waals surface area (Å²) in [6.45, 7) is 4.27. The fraction of sp³-hybridized carbons (Fsp3) is 0.417. The average molecular weight is 410 g/mol. The van der Waals surface area contributed by atoms with Gasteiger partial charge in [-0.3, -0.25) is 14.4 Å². The molecule has 2 heterocycles. The summed E-state index contributed by atoms with van der Waals surface area (Å²) in [5.41, 5.74) is 1.23. The minimum Gasteiger partial charge on any atom is -0.273 e. The summed E-state index contributed by atoms with van der Waals surface area (Å²) in [7, 11) is 0. The molecule has 0 saturated carbocycles. The lowest BCUT2D eigenvalue weighted by atomic mass is 9.82. The van der Waals surface area contributed by atoms with E-state index in [1.54, 1.807) is 5.06 Å². The van der Waals surface area contributed by atoms with E-state index in [-0.39, 0.29) is 23.8 Å². The number of hydroxylamine groups is 1. The van der Waals surface area contributed by atoms with E-state index in [2.05, 4.69) is 13.8 Å². The lowest BCUT2D eigenvalue weighted by Crippen LogP contribution is -2.44. The monoisotopic (exact) mass is 410 g/mol. The van der Waals surface area contributed by atoms with Crippen LogP contribution in [0.4, 0.5) is 15.8 Å².